The highest BCUT2D eigenvalue weighted by Gasteiger charge is 2.38. The summed E-state index contributed by atoms with van der Waals surface area (Å²) in [4.78, 5) is 60.9. The topological polar surface area (TPSA) is 158 Å². The van der Waals surface area contributed by atoms with E-state index in [0.29, 0.717) is 24.3 Å². The number of anilines is 1. The van der Waals surface area contributed by atoms with Crippen LogP contribution in [0.3, 0.4) is 0 Å². The Hall–Kier alpha value is -3.85. The molecular weight excluding hydrogens is 680 g/mol. The minimum Gasteiger partial charge on any atom is -0.497 e. The second kappa shape index (κ2) is 20.0. The Kier molecular flexibility index (Phi) is 16.8. The number of esters is 2. The van der Waals surface area contributed by atoms with Crippen LogP contribution >= 0.6 is 23.4 Å². The molecule has 15 heteroatoms. The monoisotopic (exact) mass is 724 g/mol. The Balaban J connectivity index is 0.000000440. The summed E-state index contributed by atoms with van der Waals surface area (Å²) in [5.74, 6) is -2.55. The van der Waals surface area contributed by atoms with Crippen molar-refractivity contribution in [3.05, 3.63) is 47.0 Å². The molecule has 1 aliphatic rings. The number of fused-ring (bicyclic) bond motifs is 1. The summed E-state index contributed by atoms with van der Waals surface area (Å²) in [6.45, 7) is 12.1. The molecule has 0 saturated heterocycles. The molecule has 0 aliphatic carbocycles. The lowest BCUT2D eigenvalue weighted by atomic mass is 10.1. The van der Waals surface area contributed by atoms with Crippen LogP contribution in [0.2, 0.25) is 5.02 Å². The van der Waals surface area contributed by atoms with Crippen molar-refractivity contribution < 1.29 is 52.8 Å². The van der Waals surface area contributed by atoms with Gasteiger partial charge in [0, 0.05) is 62.5 Å². The molecule has 1 unspecified atom stereocenters. The molecular formula is C34H45ClN2O11S. The van der Waals surface area contributed by atoms with Gasteiger partial charge < -0.3 is 28.8 Å². The molecule has 270 valence electrons. The number of hydrogen-bond acceptors (Lipinski definition) is 12. The minimum absolute atomic E-state index is 0.0342. The van der Waals surface area contributed by atoms with E-state index in [2.05, 4.69) is 28.2 Å². The van der Waals surface area contributed by atoms with E-state index >= 15 is 0 Å². The maximum Gasteiger partial charge on any atom is 0.349 e. The SMILES string of the molecule is CC(=O)O[C@@H](C(C)=O)[C@@H](OC(C)=O)C(=O)O.COCCN(CCCOc1ccc(OC)cc1C1Sc2cc(Cl)ccc2N1C(C)=O)C(C)C. The molecule has 3 atom stereocenters. The van der Waals surface area contributed by atoms with Gasteiger partial charge in [0.2, 0.25) is 18.1 Å². The molecule has 3 rings (SSSR count). The summed E-state index contributed by atoms with van der Waals surface area (Å²) < 4.78 is 25.8. The number of thioether (sulfide) groups is 1. The van der Waals surface area contributed by atoms with E-state index in [0.717, 1.165) is 67.9 Å². The first-order valence-corrected chi connectivity index (χ1v) is 16.7. The van der Waals surface area contributed by atoms with Gasteiger partial charge in [0.1, 0.15) is 16.9 Å². The van der Waals surface area contributed by atoms with E-state index in [9.17, 15) is 24.0 Å². The molecule has 0 spiro atoms. The standard InChI is InChI=1S/C25H33ClN2O4S.C9H12O7/c1-17(2)27(12-14-30-4)11-6-13-32-23-10-8-20(31-5)16-21(23)25-28(18(3)29)22-9-7-19(26)15-24(22)33-25;1-4(10)7(15-5(2)11)8(9(13)14)16-6(3)12/h7-10,15-17,25H,6,11-14H2,1-5H3;7-8H,1-3H3,(H,13,14)/t;7-,8+/m.0/s1. The van der Waals surface area contributed by atoms with Crippen LogP contribution in [0.5, 0.6) is 11.5 Å². The first-order valence-electron chi connectivity index (χ1n) is 15.5. The number of carboxylic acid groups (broad SMARTS) is 1. The van der Waals surface area contributed by atoms with Crippen molar-refractivity contribution in [3.8, 4) is 11.5 Å². The van der Waals surface area contributed by atoms with Crippen LogP contribution in [-0.2, 0) is 38.2 Å². The van der Waals surface area contributed by atoms with Gasteiger partial charge in [0.15, 0.2) is 5.78 Å². The zero-order chi connectivity index (χ0) is 36.8. The van der Waals surface area contributed by atoms with Crippen molar-refractivity contribution in [2.75, 3.05) is 45.4 Å². The fraction of sp³-hybridized carbons (Fsp3) is 0.500. The highest BCUT2D eigenvalue weighted by molar-refractivity contribution is 8.00. The predicted octanol–water partition coefficient (Wildman–Crippen LogP) is 5.16. The van der Waals surface area contributed by atoms with Crippen LogP contribution in [0.25, 0.3) is 0 Å². The Morgan fingerprint density at radius 1 is 0.918 bits per heavy atom. The van der Waals surface area contributed by atoms with E-state index < -0.39 is 35.9 Å². The molecule has 0 radical (unpaired) electrons. The first-order chi connectivity index (χ1) is 23.1. The van der Waals surface area contributed by atoms with Crippen molar-refractivity contribution in [2.24, 2.45) is 0 Å². The van der Waals surface area contributed by atoms with Gasteiger partial charge in [0.05, 0.1) is 26.0 Å². The fourth-order valence-electron chi connectivity index (χ4n) is 4.84. The Bertz CT molecular complexity index is 1440. The maximum absolute atomic E-state index is 12.6. The number of rotatable bonds is 16. The van der Waals surface area contributed by atoms with Gasteiger partial charge in [-0.25, -0.2) is 4.79 Å². The van der Waals surface area contributed by atoms with Crippen LogP contribution in [-0.4, -0.2) is 98.4 Å². The molecule has 0 fully saturated rings. The summed E-state index contributed by atoms with van der Waals surface area (Å²) in [6, 6.07) is 11.8. The van der Waals surface area contributed by atoms with Crippen LogP contribution in [0.4, 0.5) is 5.69 Å². The first kappa shape index (κ1) is 41.3. The van der Waals surface area contributed by atoms with Gasteiger partial charge >= 0.3 is 17.9 Å². The van der Waals surface area contributed by atoms with E-state index in [1.807, 2.05) is 36.4 Å². The zero-order valence-corrected chi connectivity index (χ0v) is 30.6. The molecule has 2 aromatic rings. The normalized spacial score (nSPS) is 14.7. The molecule has 0 aromatic heterocycles. The van der Waals surface area contributed by atoms with Crippen molar-refractivity contribution in [1.82, 2.24) is 4.90 Å². The number of nitrogens with zero attached hydrogens (tertiary/aromatic N) is 2. The Labute approximate surface area is 296 Å². The van der Waals surface area contributed by atoms with Gasteiger partial charge in [-0.05, 0) is 63.6 Å². The number of ketones is 1. The fourth-order valence-corrected chi connectivity index (χ4v) is 6.48. The van der Waals surface area contributed by atoms with Crippen LogP contribution in [0.1, 0.15) is 58.9 Å². The molecule has 49 heavy (non-hydrogen) atoms. The third kappa shape index (κ3) is 12.5. The lowest BCUT2D eigenvalue weighted by Gasteiger charge is -2.27. The average Bonchev–Trinajstić information content (AvgIpc) is 3.40. The smallest absolute Gasteiger partial charge is 0.349 e. The number of ether oxygens (including phenoxy) is 5. The number of benzene rings is 2. The Morgan fingerprint density at radius 2 is 1.57 bits per heavy atom. The summed E-state index contributed by atoms with van der Waals surface area (Å²) >= 11 is 7.81. The second-order valence-corrected chi connectivity index (χ2v) is 12.8. The van der Waals surface area contributed by atoms with Crippen molar-refractivity contribution >= 4 is 58.6 Å². The minimum atomic E-state index is -1.82. The number of aliphatic carboxylic acids is 1. The van der Waals surface area contributed by atoms with Crippen LogP contribution < -0.4 is 14.4 Å². The third-order valence-electron chi connectivity index (χ3n) is 7.14. The third-order valence-corrected chi connectivity index (χ3v) is 8.65. The van der Waals surface area contributed by atoms with Gasteiger partial charge in [-0.1, -0.05) is 23.4 Å². The molecule has 0 bridgehead atoms. The van der Waals surface area contributed by atoms with Crippen molar-refractivity contribution in [3.63, 3.8) is 0 Å². The van der Waals surface area contributed by atoms with Crippen molar-refractivity contribution in [2.45, 2.75) is 76.5 Å². The lowest BCUT2D eigenvalue weighted by molar-refractivity contribution is -0.179. The zero-order valence-electron chi connectivity index (χ0n) is 29.0. The number of halogens is 1. The van der Waals surface area contributed by atoms with Crippen LogP contribution in [0.15, 0.2) is 41.3 Å². The van der Waals surface area contributed by atoms with Gasteiger partial charge in [-0.15, -0.1) is 0 Å². The van der Waals surface area contributed by atoms with E-state index in [1.54, 1.807) is 37.8 Å². The highest BCUT2D eigenvalue weighted by Crippen LogP contribution is 2.54. The predicted molar refractivity (Wildman–Crippen MR) is 184 cm³/mol. The van der Waals surface area contributed by atoms with Gasteiger partial charge in [-0.2, -0.15) is 0 Å². The molecule has 1 N–H and O–H groups in total. The number of amides is 1. The summed E-state index contributed by atoms with van der Waals surface area (Å²) in [7, 11) is 3.36. The number of methoxy groups -OCH3 is 2. The number of hydrogen-bond donors (Lipinski definition) is 1. The lowest BCUT2D eigenvalue weighted by Crippen LogP contribution is -2.44. The van der Waals surface area contributed by atoms with Gasteiger partial charge in [-0.3, -0.25) is 29.0 Å². The van der Waals surface area contributed by atoms with E-state index in [-0.39, 0.29) is 11.3 Å². The largest absolute Gasteiger partial charge is 0.497 e. The molecule has 1 amide bonds. The molecule has 0 saturated carbocycles. The molecule has 1 aliphatic heterocycles. The van der Waals surface area contributed by atoms with E-state index in [1.165, 1.54) is 0 Å². The summed E-state index contributed by atoms with van der Waals surface area (Å²) in [5, 5.41) is 9.13. The number of Topliss-reactive ketones (excluding diaryl/α,β-unsaturated/α-hetero) is 1. The van der Waals surface area contributed by atoms with E-state index in [4.69, 9.17) is 30.9 Å². The number of carbonyl (C=O) groups excluding carboxylic acids is 4. The quantitative estimate of drug-likeness (QED) is 0.179. The second-order valence-electron chi connectivity index (χ2n) is 11.2. The number of carboxylic acids is 1. The molecule has 1 heterocycles. The van der Waals surface area contributed by atoms with Gasteiger partial charge in [0.25, 0.3) is 0 Å². The number of carbonyl (C=O) groups is 5. The summed E-state index contributed by atoms with van der Waals surface area (Å²) in [5.41, 5.74) is 1.77. The Morgan fingerprint density at radius 3 is 2.10 bits per heavy atom. The maximum atomic E-state index is 12.6. The summed E-state index contributed by atoms with van der Waals surface area (Å²) in [6.07, 6.45) is -2.56. The average molecular weight is 725 g/mol. The molecule has 13 nitrogen and oxygen atoms in total. The van der Waals surface area contributed by atoms with Crippen LogP contribution in [0, 0.1) is 0 Å². The van der Waals surface area contributed by atoms with Crippen molar-refractivity contribution in [1.29, 1.82) is 0 Å². The highest BCUT2D eigenvalue weighted by atomic mass is 35.5. The molecule has 2 aromatic carbocycles.